The van der Waals surface area contributed by atoms with Crippen molar-refractivity contribution in [2.75, 3.05) is 19.6 Å². The van der Waals surface area contributed by atoms with E-state index in [9.17, 15) is 4.79 Å². The Hall–Kier alpha value is -1.35. The van der Waals surface area contributed by atoms with Crippen LogP contribution in [-0.2, 0) is 0 Å². The molecule has 0 spiro atoms. The third-order valence-corrected chi connectivity index (χ3v) is 3.52. The van der Waals surface area contributed by atoms with Crippen LogP contribution in [0.3, 0.4) is 0 Å². The van der Waals surface area contributed by atoms with Crippen molar-refractivity contribution < 1.29 is 4.79 Å². The summed E-state index contributed by atoms with van der Waals surface area (Å²) in [6.45, 7) is 8.78. The van der Waals surface area contributed by atoms with Gasteiger partial charge in [0.1, 0.15) is 0 Å². The second-order valence-electron chi connectivity index (χ2n) is 4.85. The molecule has 0 radical (unpaired) electrons. The summed E-state index contributed by atoms with van der Waals surface area (Å²) in [5.41, 5.74) is 3.22. The molecule has 1 atom stereocenters. The number of nitrogens with one attached hydrogen (secondary N) is 1. The number of amides is 1. The fourth-order valence-electron chi connectivity index (χ4n) is 2.18. The first kappa shape index (κ1) is 12.1. The van der Waals surface area contributed by atoms with Gasteiger partial charge in [0.05, 0.1) is 0 Å². The van der Waals surface area contributed by atoms with Crippen molar-refractivity contribution in [3.8, 4) is 0 Å². The highest BCUT2D eigenvalue weighted by Gasteiger charge is 2.23. The number of hydrogen-bond donors (Lipinski definition) is 1. The van der Waals surface area contributed by atoms with E-state index in [1.165, 1.54) is 11.1 Å². The van der Waals surface area contributed by atoms with E-state index in [1.54, 1.807) is 0 Å². The third kappa shape index (κ3) is 2.50. The normalized spacial score (nSPS) is 20.4. The molecule has 1 aliphatic heterocycles. The van der Waals surface area contributed by atoms with E-state index in [1.807, 2.05) is 30.0 Å². The molecule has 1 aromatic carbocycles. The van der Waals surface area contributed by atoms with Gasteiger partial charge in [0.25, 0.3) is 5.91 Å². The highest BCUT2D eigenvalue weighted by atomic mass is 16.2. The van der Waals surface area contributed by atoms with Crippen LogP contribution >= 0.6 is 0 Å². The number of piperazine rings is 1. The second kappa shape index (κ2) is 4.88. The van der Waals surface area contributed by atoms with Crippen LogP contribution < -0.4 is 5.32 Å². The molecule has 17 heavy (non-hydrogen) atoms. The third-order valence-electron chi connectivity index (χ3n) is 3.52. The number of carbonyl (C=O) groups excluding carboxylic acids is 1. The van der Waals surface area contributed by atoms with Crippen LogP contribution in [0.4, 0.5) is 0 Å². The predicted molar refractivity (Wildman–Crippen MR) is 69.3 cm³/mol. The lowest BCUT2D eigenvalue weighted by atomic mass is 10.0. The van der Waals surface area contributed by atoms with Crippen molar-refractivity contribution in [1.82, 2.24) is 10.2 Å². The van der Waals surface area contributed by atoms with Gasteiger partial charge in [0.2, 0.25) is 0 Å². The van der Waals surface area contributed by atoms with Crippen molar-refractivity contribution in [3.05, 3.63) is 34.9 Å². The molecular formula is C14H20N2O. The number of aryl methyl sites for hydroxylation is 2. The molecule has 0 bridgehead atoms. The van der Waals surface area contributed by atoms with Crippen LogP contribution in [0.2, 0.25) is 0 Å². The van der Waals surface area contributed by atoms with Crippen molar-refractivity contribution in [1.29, 1.82) is 0 Å². The highest BCUT2D eigenvalue weighted by Crippen LogP contribution is 2.14. The molecule has 0 saturated carbocycles. The largest absolute Gasteiger partial charge is 0.333 e. The molecule has 1 amide bonds. The molecule has 1 heterocycles. The Morgan fingerprint density at radius 2 is 2.12 bits per heavy atom. The Kier molecular flexibility index (Phi) is 3.48. The highest BCUT2D eigenvalue weighted by molar-refractivity contribution is 5.94. The zero-order valence-corrected chi connectivity index (χ0v) is 10.8. The van der Waals surface area contributed by atoms with Crippen LogP contribution in [0, 0.1) is 13.8 Å². The van der Waals surface area contributed by atoms with Crippen LogP contribution in [0.1, 0.15) is 28.4 Å². The lowest BCUT2D eigenvalue weighted by Gasteiger charge is -2.34. The summed E-state index contributed by atoms with van der Waals surface area (Å²) in [6.07, 6.45) is 0. The predicted octanol–water partition coefficient (Wildman–Crippen LogP) is 1.74. The van der Waals surface area contributed by atoms with Gasteiger partial charge in [-0.15, -0.1) is 0 Å². The van der Waals surface area contributed by atoms with Crippen molar-refractivity contribution in [2.45, 2.75) is 26.8 Å². The summed E-state index contributed by atoms with van der Waals surface area (Å²) < 4.78 is 0. The molecule has 92 valence electrons. The number of rotatable bonds is 1. The van der Waals surface area contributed by atoms with Gasteiger partial charge in [-0.25, -0.2) is 0 Å². The molecule has 1 aromatic rings. The molecule has 2 rings (SSSR count). The van der Waals surface area contributed by atoms with E-state index in [0.29, 0.717) is 0 Å². The van der Waals surface area contributed by atoms with Crippen LogP contribution in [0.5, 0.6) is 0 Å². The molecule has 0 aliphatic carbocycles. The Bertz CT molecular complexity index is 428. The van der Waals surface area contributed by atoms with Gasteiger partial charge in [-0.1, -0.05) is 6.07 Å². The first-order valence-corrected chi connectivity index (χ1v) is 6.18. The minimum atomic E-state index is 0.155. The number of carbonyl (C=O) groups is 1. The summed E-state index contributed by atoms with van der Waals surface area (Å²) in [5.74, 6) is 0.155. The summed E-state index contributed by atoms with van der Waals surface area (Å²) in [4.78, 5) is 14.3. The van der Waals surface area contributed by atoms with Gasteiger partial charge in [-0.05, 0) is 44.0 Å². The van der Waals surface area contributed by atoms with Gasteiger partial charge in [-0.3, -0.25) is 4.79 Å². The number of benzene rings is 1. The van der Waals surface area contributed by atoms with E-state index in [0.717, 1.165) is 25.2 Å². The van der Waals surface area contributed by atoms with Crippen molar-refractivity contribution in [3.63, 3.8) is 0 Å². The quantitative estimate of drug-likeness (QED) is 0.800. The van der Waals surface area contributed by atoms with Crippen LogP contribution in [0.15, 0.2) is 18.2 Å². The molecule has 3 heteroatoms. The van der Waals surface area contributed by atoms with Gasteiger partial charge in [-0.2, -0.15) is 0 Å². The number of hydrogen-bond acceptors (Lipinski definition) is 2. The molecule has 1 aliphatic rings. The Morgan fingerprint density at radius 3 is 2.76 bits per heavy atom. The first-order chi connectivity index (χ1) is 8.09. The Labute approximate surface area is 103 Å². The molecular weight excluding hydrogens is 212 g/mol. The maximum Gasteiger partial charge on any atom is 0.254 e. The molecule has 1 N–H and O–H groups in total. The van der Waals surface area contributed by atoms with Crippen molar-refractivity contribution in [2.24, 2.45) is 0 Å². The summed E-state index contributed by atoms with van der Waals surface area (Å²) >= 11 is 0. The number of nitrogens with zero attached hydrogens (tertiary/aromatic N) is 1. The monoisotopic (exact) mass is 232 g/mol. The minimum Gasteiger partial charge on any atom is -0.333 e. The smallest absolute Gasteiger partial charge is 0.254 e. The van der Waals surface area contributed by atoms with Gasteiger partial charge < -0.3 is 10.2 Å². The Morgan fingerprint density at radius 1 is 1.35 bits per heavy atom. The molecule has 0 aromatic heterocycles. The summed E-state index contributed by atoms with van der Waals surface area (Å²) in [5, 5.41) is 3.30. The zero-order valence-electron chi connectivity index (χ0n) is 10.8. The van der Waals surface area contributed by atoms with Gasteiger partial charge >= 0.3 is 0 Å². The first-order valence-electron chi connectivity index (χ1n) is 6.18. The lowest BCUT2D eigenvalue weighted by Crippen LogP contribution is -2.52. The van der Waals surface area contributed by atoms with E-state index in [2.05, 4.69) is 19.2 Å². The zero-order chi connectivity index (χ0) is 12.4. The molecule has 3 nitrogen and oxygen atoms in total. The average molecular weight is 232 g/mol. The molecule has 1 fully saturated rings. The van der Waals surface area contributed by atoms with E-state index in [-0.39, 0.29) is 11.9 Å². The van der Waals surface area contributed by atoms with E-state index in [4.69, 9.17) is 0 Å². The van der Waals surface area contributed by atoms with Crippen molar-refractivity contribution >= 4 is 5.91 Å². The lowest BCUT2D eigenvalue weighted by molar-refractivity contribution is 0.0655. The molecule has 1 unspecified atom stereocenters. The molecule has 1 saturated heterocycles. The van der Waals surface area contributed by atoms with Crippen LogP contribution in [0.25, 0.3) is 0 Å². The second-order valence-corrected chi connectivity index (χ2v) is 4.85. The fraction of sp³-hybridized carbons (Fsp3) is 0.500. The summed E-state index contributed by atoms with van der Waals surface area (Å²) in [6, 6.07) is 6.22. The maximum atomic E-state index is 12.4. The fourth-order valence-corrected chi connectivity index (χ4v) is 2.18. The maximum absolute atomic E-state index is 12.4. The van der Waals surface area contributed by atoms with Gasteiger partial charge in [0, 0.05) is 31.2 Å². The standard InChI is InChI=1S/C14H20N2O/c1-10-4-5-13(8-11(10)2)14(17)16-7-6-15-9-12(16)3/h4-5,8,12,15H,6-7,9H2,1-3H3. The SMILES string of the molecule is Cc1ccc(C(=O)N2CCNCC2C)cc1C. The van der Waals surface area contributed by atoms with Crippen LogP contribution in [-0.4, -0.2) is 36.5 Å². The van der Waals surface area contributed by atoms with E-state index < -0.39 is 0 Å². The van der Waals surface area contributed by atoms with E-state index >= 15 is 0 Å². The minimum absolute atomic E-state index is 0.155. The average Bonchev–Trinajstić information content (AvgIpc) is 2.32. The van der Waals surface area contributed by atoms with Gasteiger partial charge in [0.15, 0.2) is 0 Å². The topological polar surface area (TPSA) is 32.3 Å². The summed E-state index contributed by atoms with van der Waals surface area (Å²) in [7, 11) is 0. The Balaban J connectivity index is 2.21.